The summed E-state index contributed by atoms with van der Waals surface area (Å²) < 4.78 is 5.54. The monoisotopic (exact) mass is 298 g/mol. The largest absolute Gasteiger partial charge is 0.481 e. The van der Waals surface area contributed by atoms with Crippen LogP contribution >= 0.6 is 11.3 Å². The van der Waals surface area contributed by atoms with Crippen LogP contribution in [0.15, 0.2) is 5.38 Å². The normalized spacial score (nSPS) is 18.1. The van der Waals surface area contributed by atoms with Crippen molar-refractivity contribution in [2.45, 2.75) is 31.8 Å². The highest BCUT2D eigenvalue weighted by molar-refractivity contribution is 7.09. The number of carboxylic acid groups (broad SMARTS) is 1. The Hall–Kier alpha value is -1.47. The maximum atomic E-state index is 12.1. The van der Waals surface area contributed by atoms with Gasteiger partial charge in [0.05, 0.1) is 0 Å². The fourth-order valence-electron chi connectivity index (χ4n) is 2.07. The van der Waals surface area contributed by atoms with Crippen LogP contribution in [0.2, 0.25) is 0 Å². The summed E-state index contributed by atoms with van der Waals surface area (Å²) in [6.07, 6.45) is 2.52. The van der Waals surface area contributed by atoms with Gasteiger partial charge < -0.3 is 14.7 Å². The highest BCUT2D eigenvalue weighted by Gasteiger charge is 2.23. The molecule has 1 fully saturated rings. The summed E-state index contributed by atoms with van der Waals surface area (Å²) in [5.74, 6) is -1.02. The Morgan fingerprint density at radius 3 is 3.05 bits per heavy atom. The Balaban J connectivity index is 1.89. The Kier molecular flexibility index (Phi) is 5.08. The van der Waals surface area contributed by atoms with Gasteiger partial charge in [0, 0.05) is 32.0 Å². The topological polar surface area (TPSA) is 79.7 Å². The van der Waals surface area contributed by atoms with E-state index in [0.29, 0.717) is 18.7 Å². The van der Waals surface area contributed by atoms with Crippen molar-refractivity contribution in [1.29, 1.82) is 0 Å². The van der Waals surface area contributed by atoms with Gasteiger partial charge in [-0.15, -0.1) is 11.3 Å². The molecule has 0 radical (unpaired) electrons. The number of aromatic nitrogens is 1. The number of amides is 1. The molecule has 20 heavy (non-hydrogen) atoms. The second-order valence-corrected chi connectivity index (χ2v) is 5.69. The maximum absolute atomic E-state index is 12.1. The molecule has 2 heterocycles. The van der Waals surface area contributed by atoms with Crippen LogP contribution in [0.3, 0.4) is 0 Å². The lowest BCUT2D eigenvalue weighted by molar-refractivity contribution is -0.137. The lowest BCUT2D eigenvalue weighted by Gasteiger charge is -2.15. The van der Waals surface area contributed by atoms with Crippen molar-refractivity contribution in [2.75, 3.05) is 20.2 Å². The molecule has 1 amide bonds. The van der Waals surface area contributed by atoms with Crippen molar-refractivity contribution in [2.24, 2.45) is 0 Å². The van der Waals surface area contributed by atoms with E-state index in [1.54, 1.807) is 12.4 Å². The third-order valence-electron chi connectivity index (χ3n) is 3.18. The molecule has 1 aliphatic rings. The first-order chi connectivity index (χ1) is 9.58. The van der Waals surface area contributed by atoms with Crippen molar-refractivity contribution in [1.82, 2.24) is 9.88 Å². The summed E-state index contributed by atoms with van der Waals surface area (Å²) in [5.41, 5.74) is 0.415. The van der Waals surface area contributed by atoms with Crippen LogP contribution in [-0.2, 0) is 9.53 Å². The number of thiazole rings is 1. The zero-order chi connectivity index (χ0) is 14.5. The predicted octanol–water partition coefficient (Wildman–Crippen LogP) is 1.93. The minimum atomic E-state index is -0.847. The van der Waals surface area contributed by atoms with Crippen molar-refractivity contribution in [3.05, 3.63) is 16.1 Å². The van der Waals surface area contributed by atoms with Gasteiger partial charge in [0.1, 0.15) is 16.8 Å². The lowest BCUT2D eigenvalue weighted by atomic mass is 10.2. The van der Waals surface area contributed by atoms with Crippen molar-refractivity contribution < 1.29 is 19.4 Å². The van der Waals surface area contributed by atoms with E-state index in [0.717, 1.165) is 24.5 Å². The van der Waals surface area contributed by atoms with Crippen LogP contribution in [0.5, 0.6) is 0 Å². The summed E-state index contributed by atoms with van der Waals surface area (Å²) in [6, 6.07) is 0. The molecule has 1 aromatic rings. The standard InChI is InChI=1S/C13H18N2O4S/c1-15(6-2-5-11(16)17)13(18)9-8-20-12(14-9)10-4-3-7-19-10/h8,10H,2-7H2,1H3,(H,16,17). The molecule has 2 rings (SSSR count). The van der Waals surface area contributed by atoms with Gasteiger partial charge in [0.2, 0.25) is 0 Å². The zero-order valence-corrected chi connectivity index (χ0v) is 12.2. The first kappa shape index (κ1) is 14.9. The molecular formula is C13H18N2O4S. The molecule has 110 valence electrons. The van der Waals surface area contributed by atoms with E-state index in [9.17, 15) is 9.59 Å². The minimum absolute atomic E-state index is 0.0267. The average Bonchev–Trinajstić information content (AvgIpc) is 3.07. The highest BCUT2D eigenvalue weighted by atomic mass is 32.1. The van der Waals surface area contributed by atoms with Gasteiger partial charge in [0.15, 0.2) is 0 Å². The Labute approximate surface area is 121 Å². The van der Waals surface area contributed by atoms with Gasteiger partial charge in [0.25, 0.3) is 5.91 Å². The molecule has 0 saturated carbocycles. The van der Waals surface area contributed by atoms with Crippen molar-refractivity contribution in [3.8, 4) is 0 Å². The number of aliphatic carboxylic acids is 1. The summed E-state index contributed by atoms with van der Waals surface area (Å²) in [4.78, 5) is 28.4. The molecule has 7 heteroatoms. The van der Waals surface area contributed by atoms with Crippen LogP contribution < -0.4 is 0 Å². The van der Waals surface area contributed by atoms with E-state index in [1.807, 2.05) is 0 Å². The SMILES string of the molecule is CN(CCCC(=O)O)C(=O)c1csc(C2CCCO2)n1. The zero-order valence-electron chi connectivity index (χ0n) is 11.4. The van der Waals surface area contributed by atoms with E-state index in [4.69, 9.17) is 9.84 Å². The fraction of sp³-hybridized carbons (Fsp3) is 0.615. The second kappa shape index (κ2) is 6.81. The summed E-state index contributed by atoms with van der Waals surface area (Å²) in [7, 11) is 1.66. The third-order valence-corrected chi connectivity index (χ3v) is 4.11. The molecule has 0 spiro atoms. The molecule has 6 nitrogen and oxygen atoms in total. The van der Waals surface area contributed by atoms with E-state index in [-0.39, 0.29) is 18.4 Å². The summed E-state index contributed by atoms with van der Waals surface area (Å²) >= 11 is 1.44. The quantitative estimate of drug-likeness (QED) is 0.868. The maximum Gasteiger partial charge on any atom is 0.303 e. The third kappa shape index (κ3) is 3.77. The summed E-state index contributed by atoms with van der Waals surface area (Å²) in [5, 5.41) is 11.2. The molecule has 0 aliphatic carbocycles. The highest BCUT2D eigenvalue weighted by Crippen LogP contribution is 2.30. The number of carbonyl (C=O) groups excluding carboxylic acids is 1. The second-order valence-electron chi connectivity index (χ2n) is 4.80. The molecular weight excluding hydrogens is 280 g/mol. The number of carboxylic acids is 1. The van der Waals surface area contributed by atoms with Crippen LogP contribution in [0.4, 0.5) is 0 Å². The van der Waals surface area contributed by atoms with Gasteiger partial charge >= 0.3 is 5.97 Å². The van der Waals surface area contributed by atoms with Crippen LogP contribution in [0.25, 0.3) is 0 Å². The number of nitrogens with zero attached hydrogens (tertiary/aromatic N) is 2. The van der Waals surface area contributed by atoms with Crippen LogP contribution in [-0.4, -0.2) is 47.1 Å². The van der Waals surface area contributed by atoms with Gasteiger partial charge in [-0.1, -0.05) is 0 Å². The van der Waals surface area contributed by atoms with Gasteiger partial charge in [-0.05, 0) is 19.3 Å². The van der Waals surface area contributed by atoms with Gasteiger partial charge in [-0.25, -0.2) is 4.98 Å². The van der Waals surface area contributed by atoms with Crippen molar-refractivity contribution in [3.63, 3.8) is 0 Å². The average molecular weight is 298 g/mol. The molecule has 1 aromatic heterocycles. The number of ether oxygens (including phenoxy) is 1. The van der Waals surface area contributed by atoms with E-state index in [1.165, 1.54) is 16.2 Å². The van der Waals surface area contributed by atoms with Gasteiger partial charge in [-0.3, -0.25) is 9.59 Å². The number of hydrogen-bond donors (Lipinski definition) is 1. The Morgan fingerprint density at radius 1 is 1.60 bits per heavy atom. The fourth-order valence-corrected chi connectivity index (χ4v) is 2.95. The summed E-state index contributed by atoms with van der Waals surface area (Å²) in [6.45, 7) is 1.17. The predicted molar refractivity (Wildman–Crippen MR) is 73.9 cm³/mol. The molecule has 1 unspecified atom stereocenters. The molecule has 1 N–H and O–H groups in total. The Morgan fingerprint density at radius 2 is 2.40 bits per heavy atom. The smallest absolute Gasteiger partial charge is 0.303 e. The molecule has 1 atom stereocenters. The first-order valence-electron chi connectivity index (χ1n) is 6.62. The first-order valence-corrected chi connectivity index (χ1v) is 7.50. The van der Waals surface area contributed by atoms with Crippen LogP contribution in [0.1, 0.15) is 47.3 Å². The number of hydrogen-bond acceptors (Lipinski definition) is 5. The molecule has 0 bridgehead atoms. The Bertz CT molecular complexity index is 482. The van der Waals surface area contributed by atoms with E-state index >= 15 is 0 Å². The van der Waals surface area contributed by atoms with Crippen molar-refractivity contribution >= 4 is 23.2 Å². The minimum Gasteiger partial charge on any atom is -0.481 e. The van der Waals surface area contributed by atoms with Gasteiger partial charge in [-0.2, -0.15) is 0 Å². The van der Waals surface area contributed by atoms with E-state index in [2.05, 4.69) is 4.98 Å². The molecule has 0 aromatic carbocycles. The lowest BCUT2D eigenvalue weighted by Crippen LogP contribution is -2.28. The van der Waals surface area contributed by atoms with Crippen LogP contribution in [0, 0.1) is 0 Å². The van der Waals surface area contributed by atoms with E-state index < -0.39 is 5.97 Å². The molecule has 1 aliphatic heterocycles. The number of rotatable bonds is 6. The number of carbonyl (C=O) groups is 2. The molecule has 1 saturated heterocycles.